The van der Waals surface area contributed by atoms with Gasteiger partial charge in [0.2, 0.25) is 6.43 Å². The van der Waals surface area contributed by atoms with E-state index in [-0.39, 0.29) is 12.5 Å². The van der Waals surface area contributed by atoms with Gasteiger partial charge in [0.15, 0.2) is 0 Å². The Balaban J connectivity index is 2.39. The summed E-state index contributed by atoms with van der Waals surface area (Å²) in [5.41, 5.74) is 5.00. The Labute approximate surface area is 70.8 Å². The smallest absolute Gasteiger partial charge is 0.240 e. The lowest BCUT2D eigenvalue weighted by Gasteiger charge is -2.35. The lowest BCUT2D eigenvalue weighted by atomic mass is 9.79. The predicted molar refractivity (Wildman–Crippen MR) is 42.0 cm³/mol. The van der Waals surface area contributed by atoms with Crippen LogP contribution in [-0.4, -0.2) is 23.2 Å². The van der Waals surface area contributed by atoms with Gasteiger partial charge in [0.1, 0.15) is 0 Å². The Kier molecular flexibility index (Phi) is 3.01. The predicted octanol–water partition coefficient (Wildman–Crippen LogP) is 1.27. The molecular formula is C8H15F2NO. The van der Waals surface area contributed by atoms with Crippen molar-refractivity contribution in [2.75, 3.05) is 0 Å². The summed E-state index contributed by atoms with van der Waals surface area (Å²) in [6, 6.07) is 0. The van der Waals surface area contributed by atoms with Crippen molar-refractivity contribution in [3.8, 4) is 0 Å². The van der Waals surface area contributed by atoms with E-state index >= 15 is 0 Å². The van der Waals surface area contributed by atoms with Gasteiger partial charge < -0.3 is 10.8 Å². The van der Waals surface area contributed by atoms with Crippen molar-refractivity contribution < 1.29 is 13.9 Å². The third-order valence-corrected chi connectivity index (χ3v) is 2.51. The number of aliphatic hydroxyl groups is 1. The number of aliphatic hydroxyl groups excluding tert-OH is 1. The maximum atomic E-state index is 12.0. The van der Waals surface area contributed by atoms with Crippen LogP contribution < -0.4 is 5.73 Å². The Morgan fingerprint density at radius 1 is 1.42 bits per heavy atom. The molecular weight excluding hydrogens is 164 g/mol. The van der Waals surface area contributed by atoms with Gasteiger partial charge >= 0.3 is 0 Å². The highest BCUT2D eigenvalue weighted by Crippen LogP contribution is 2.30. The fraction of sp³-hybridized carbons (Fsp3) is 1.00. The Morgan fingerprint density at radius 2 is 1.92 bits per heavy atom. The highest BCUT2D eigenvalue weighted by Gasteiger charge is 2.33. The minimum Gasteiger partial charge on any atom is -0.393 e. The summed E-state index contributed by atoms with van der Waals surface area (Å²) in [6.07, 6.45) is -0.756. The SMILES string of the molecule is NC1(CC(F)F)CCC(O)CC1. The lowest BCUT2D eigenvalue weighted by Crippen LogP contribution is -2.45. The average molecular weight is 179 g/mol. The molecule has 0 aromatic heterocycles. The molecule has 0 aromatic carbocycles. The van der Waals surface area contributed by atoms with Crippen molar-refractivity contribution in [1.29, 1.82) is 0 Å². The van der Waals surface area contributed by atoms with Gasteiger partial charge in [-0.3, -0.25) is 0 Å². The van der Waals surface area contributed by atoms with Crippen LogP contribution in [0, 0.1) is 0 Å². The second-order valence-corrected chi connectivity index (χ2v) is 3.69. The molecule has 3 N–H and O–H groups in total. The first kappa shape index (κ1) is 9.86. The molecule has 1 saturated carbocycles. The van der Waals surface area contributed by atoms with E-state index in [1.807, 2.05) is 0 Å². The van der Waals surface area contributed by atoms with E-state index in [2.05, 4.69) is 0 Å². The van der Waals surface area contributed by atoms with Gasteiger partial charge in [-0.05, 0) is 25.7 Å². The number of hydrogen-bond acceptors (Lipinski definition) is 2. The number of alkyl halides is 2. The van der Waals surface area contributed by atoms with Crippen LogP contribution in [0.5, 0.6) is 0 Å². The minimum absolute atomic E-state index is 0.236. The Bertz CT molecular complexity index is 144. The van der Waals surface area contributed by atoms with Gasteiger partial charge in [0.05, 0.1) is 6.10 Å². The first-order chi connectivity index (χ1) is 5.52. The molecule has 72 valence electrons. The zero-order valence-electron chi connectivity index (χ0n) is 6.97. The Morgan fingerprint density at radius 3 is 2.33 bits per heavy atom. The van der Waals surface area contributed by atoms with Crippen LogP contribution in [0.4, 0.5) is 8.78 Å². The number of halogens is 2. The molecule has 4 heteroatoms. The maximum Gasteiger partial charge on any atom is 0.240 e. The summed E-state index contributed by atoms with van der Waals surface area (Å²) in [4.78, 5) is 0. The maximum absolute atomic E-state index is 12.0. The van der Waals surface area contributed by atoms with Crippen LogP contribution in [-0.2, 0) is 0 Å². The molecule has 0 amide bonds. The molecule has 0 aliphatic heterocycles. The van der Waals surface area contributed by atoms with Crippen molar-refractivity contribution in [1.82, 2.24) is 0 Å². The highest BCUT2D eigenvalue weighted by molar-refractivity contribution is 4.90. The lowest BCUT2D eigenvalue weighted by molar-refractivity contribution is 0.0534. The van der Waals surface area contributed by atoms with Crippen LogP contribution in [0.25, 0.3) is 0 Å². The molecule has 2 nitrogen and oxygen atoms in total. The first-order valence-corrected chi connectivity index (χ1v) is 4.27. The molecule has 0 atom stereocenters. The Hall–Kier alpha value is -0.220. The summed E-state index contributed by atoms with van der Waals surface area (Å²) in [6.45, 7) is 0. The van der Waals surface area contributed by atoms with Crippen LogP contribution in [0.3, 0.4) is 0 Å². The number of nitrogens with two attached hydrogens (primary N) is 1. The summed E-state index contributed by atoms with van der Waals surface area (Å²) < 4.78 is 24.0. The second-order valence-electron chi connectivity index (χ2n) is 3.69. The summed E-state index contributed by atoms with van der Waals surface area (Å²) >= 11 is 0. The molecule has 1 aliphatic rings. The standard InChI is InChI=1S/C8H15F2NO/c9-7(10)5-8(11)3-1-6(12)2-4-8/h6-7,12H,1-5,11H2. The normalized spacial score (nSPS) is 37.2. The largest absolute Gasteiger partial charge is 0.393 e. The minimum atomic E-state index is -2.33. The molecule has 0 unspecified atom stereocenters. The highest BCUT2D eigenvalue weighted by atomic mass is 19.3. The quantitative estimate of drug-likeness (QED) is 0.670. The summed E-state index contributed by atoms with van der Waals surface area (Å²) in [5.74, 6) is 0. The van der Waals surface area contributed by atoms with E-state index in [9.17, 15) is 8.78 Å². The van der Waals surface area contributed by atoms with Crippen molar-refractivity contribution in [3.05, 3.63) is 0 Å². The molecule has 0 radical (unpaired) electrons. The van der Waals surface area contributed by atoms with Gasteiger partial charge in [0, 0.05) is 12.0 Å². The fourth-order valence-electron chi connectivity index (χ4n) is 1.69. The van der Waals surface area contributed by atoms with Gasteiger partial charge in [-0.2, -0.15) is 0 Å². The first-order valence-electron chi connectivity index (χ1n) is 4.27. The zero-order chi connectivity index (χ0) is 9.19. The van der Waals surface area contributed by atoms with Crippen LogP contribution >= 0.6 is 0 Å². The molecule has 0 saturated heterocycles. The van der Waals surface area contributed by atoms with Crippen LogP contribution in [0.15, 0.2) is 0 Å². The van der Waals surface area contributed by atoms with Crippen molar-refractivity contribution in [3.63, 3.8) is 0 Å². The molecule has 1 rings (SSSR count). The molecule has 0 spiro atoms. The van der Waals surface area contributed by atoms with Gasteiger partial charge in [-0.15, -0.1) is 0 Å². The van der Waals surface area contributed by atoms with Crippen molar-refractivity contribution in [2.24, 2.45) is 5.73 Å². The van der Waals surface area contributed by atoms with E-state index in [4.69, 9.17) is 10.8 Å². The number of hydrogen-bond donors (Lipinski definition) is 2. The molecule has 1 fully saturated rings. The summed E-state index contributed by atoms with van der Waals surface area (Å²) in [7, 11) is 0. The zero-order valence-corrected chi connectivity index (χ0v) is 6.97. The van der Waals surface area contributed by atoms with E-state index in [0.29, 0.717) is 25.7 Å². The van der Waals surface area contributed by atoms with E-state index in [1.54, 1.807) is 0 Å². The molecule has 1 aliphatic carbocycles. The second kappa shape index (κ2) is 3.66. The molecule has 0 bridgehead atoms. The third-order valence-electron chi connectivity index (χ3n) is 2.51. The fourth-order valence-corrected chi connectivity index (χ4v) is 1.69. The molecule has 12 heavy (non-hydrogen) atoms. The van der Waals surface area contributed by atoms with Crippen LogP contribution in [0.1, 0.15) is 32.1 Å². The van der Waals surface area contributed by atoms with E-state index in [0.717, 1.165) is 0 Å². The molecule has 0 aromatic rings. The third kappa shape index (κ3) is 2.68. The molecule has 0 heterocycles. The van der Waals surface area contributed by atoms with E-state index in [1.165, 1.54) is 0 Å². The van der Waals surface area contributed by atoms with Gasteiger partial charge in [-0.1, -0.05) is 0 Å². The average Bonchev–Trinajstić information content (AvgIpc) is 1.94. The van der Waals surface area contributed by atoms with Crippen molar-refractivity contribution >= 4 is 0 Å². The van der Waals surface area contributed by atoms with Crippen molar-refractivity contribution in [2.45, 2.75) is 50.2 Å². The van der Waals surface area contributed by atoms with Crippen LogP contribution in [0.2, 0.25) is 0 Å². The summed E-state index contributed by atoms with van der Waals surface area (Å²) in [5, 5.41) is 9.13. The monoisotopic (exact) mass is 179 g/mol. The topological polar surface area (TPSA) is 46.2 Å². The van der Waals surface area contributed by atoms with E-state index < -0.39 is 12.0 Å². The number of rotatable bonds is 2. The van der Waals surface area contributed by atoms with Gasteiger partial charge in [0.25, 0.3) is 0 Å². The van der Waals surface area contributed by atoms with Gasteiger partial charge in [-0.25, -0.2) is 8.78 Å².